The number of hydrogen-bond donors (Lipinski definition) is 2. The lowest BCUT2D eigenvalue weighted by atomic mass is 9.83. The van der Waals surface area contributed by atoms with Crippen molar-refractivity contribution in [3.05, 3.63) is 0 Å². The van der Waals surface area contributed by atoms with Crippen molar-refractivity contribution >= 4 is 5.96 Å². The first-order chi connectivity index (χ1) is 8.56. The number of aliphatic imine (C=N–C) groups is 1. The fourth-order valence-corrected chi connectivity index (χ4v) is 2.12. The van der Waals surface area contributed by atoms with Gasteiger partial charge in [-0.3, -0.25) is 4.99 Å². The van der Waals surface area contributed by atoms with Crippen molar-refractivity contribution in [1.29, 1.82) is 0 Å². The van der Waals surface area contributed by atoms with Gasteiger partial charge in [0.2, 0.25) is 0 Å². The van der Waals surface area contributed by atoms with Gasteiger partial charge in [-0.05, 0) is 19.8 Å². The molecule has 3 N–H and O–H groups in total. The second-order valence-corrected chi connectivity index (χ2v) is 5.17. The maximum atomic E-state index is 9.50. The minimum atomic E-state index is -0.122. The van der Waals surface area contributed by atoms with Crippen molar-refractivity contribution in [1.82, 2.24) is 4.90 Å². The van der Waals surface area contributed by atoms with E-state index in [2.05, 4.69) is 23.7 Å². The molecular formula is C13H27N3O2. The highest BCUT2D eigenvalue weighted by Crippen LogP contribution is 2.25. The Hall–Kier alpha value is -0.810. The van der Waals surface area contributed by atoms with Gasteiger partial charge in [0.25, 0.3) is 0 Å². The quantitative estimate of drug-likeness (QED) is 0.565. The molecule has 1 fully saturated rings. The summed E-state index contributed by atoms with van der Waals surface area (Å²) in [5.41, 5.74) is 5.90. The Bertz CT molecular complexity index is 269. The highest BCUT2D eigenvalue weighted by molar-refractivity contribution is 5.78. The van der Waals surface area contributed by atoms with Gasteiger partial charge in [-0.2, -0.15) is 0 Å². The van der Waals surface area contributed by atoms with Crippen LogP contribution in [0, 0.1) is 5.41 Å². The number of nitrogens with two attached hydrogens (primary N) is 1. The lowest BCUT2D eigenvalue weighted by molar-refractivity contribution is 0.00514. The molecule has 1 heterocycles. The van der Waals surface area contributed by atoms with Crippen LogP contribution in [0.1, 0.15) is 33.6 Å². The van der Waals surface area contributed by atoms with E-state index in [1.807, 2.05) is 6.92 Å². The second-order valence-electron chi connectivity index (χ2n) is 5.17. The van der Waals surface area contributed by atoms with Gasteiger partial charge < -0.3 is 20.5 Å². The van der Waals surface area contributed by atoms with Crippen LogP contribution in [0.4, 0.5) is 0 Å². The summed E-state index contributed by atoms with van der Waals surface area (Å²) in [4.78, 5) is 6.53. The predicted octanol–water partition coefficient (Wildman–Crippen LogP) is 0.821. The Morgan fingerprint density at radius 1 is 1.50 bits per heavy atom. The highest BCUT2D eigenvalue weighted by atomic mass is 16.5. The molecule has 0 aromatic carbocycles. The van der Waals surface area contributed by atoms with Crippen LogP contribution < -0.4 is 5.73 Å². The third kappa shape index (κ3) is 3.85. The summed E-state index contributed by atoms with van der Waals surface area (Å²) in [6, 6.07) is 0. The van der Waals surface area contributed by atoms with Gasteiger partial charge in [-0.25, -0.2) is 0 Å². The van der Waals surface area contributed by atoms with E-state index in [0.29, 0.717) is 19.1 Å². The molecule has 5 nitrogen and oxygen atoms in total. The third-order valence-corrected chi connectivity index (χ3v) is 3.98. The molecule has 1 unspecified atom stereocenters. The summed E-state index contributed by atoms with van der Waals surface area (Å²) in [7, 11) is 0. The summed E-state index contributed by atoms with van der Waals surface area (Å²) in [5.74, 6) is 0.574. The zero-order valence-electron chi connectivity index (χ0n) is 11.9. The molecule has 18 heavy (non-hydrogen) atoms. The van der Waals surface area contributed by atoms with Crippen molar-refractivity contribution in [3.63, 3.8) is 0 Å². The van der Waals surface area contributed by atoms with Crippen molar-refractivity contribution in [2.75, 3.05) is 32.8 Å². The van der Waals surface area contributed by atoms with E-state index >= 15 is 0 Å². The minimum Gasteiger partial charge on any atom is -0.396 e. The molecule has 5 heteroatoms. The summed E-state index contributed by atoms with van der Waals surface area (Å²) in [5, 5.41) is 9.50. The SMILES string of the molecule is CCC(CC)(CO)CN=C(N)N1CCOC(C)C1. The molecule has 1 aliphatic heterocycles. The molecule has 106 valence electrons. The number of morpholine rings is 1. The van der Waals surface area contributed by atoms with Crippen LogP contribution in [0.15, 0.2) is 4.99 Å². The van der Waals surface area contributed by atoms with Gasteiger partial charge >= 0.3 is 0 Å². The number of hydrogen-bond acceptors (Lipinski definition) is 3. The summed E-state index contributed by atoms with van der Waals surface area (Å²) in [6.45, 7) is 9.25. The van der Waals surface area contributed by atoms with Crippen LogP contribution in [0.25, 0.3) is 0 Å². The number of nitrogens with zero attached hydrogens (tertiary/aromatic N) is 2. The van der Waals surface area contributed by atoms with Crippen LogP contribution in [0.2, 0.25) is 0 Å². The van der Waals surface area contributed by atoms with Crippen LogP contribution in [0.5, 0.6) is 0 Å². The van der Waals surface area contributed by atoms with E-state index in [1.165, 1.54) is 0 Å². The summed E-state index contributed by atoms with van der Waals surface area (Å²) < 4.78 is 5.47. The van der Waals surface area contributed by atoms with E-state index in [9.17, 15) is 5.11 Å². The zero-order valence-corrected chi connectivity index (χ0v) is 11.9. The van der Waals surface area contributed by atoms with E-state index in [-0.39, 0.29) is 18.1 Å². The molecule has 0 aromatic heterocycles. The van der Waals surface area contributed by atoms with Gasteiger partial charge in [0.05, 0.1) is 25.9 Å². The van der Waals surface area contributed by atoms with Crippen molar-refractivity contribution in [2.45, 2.75) is 39.7 Å². The highest BCUT2D eigenvalue weighted by Gasteiger charge is 2.25. The molecule has 1 aliphatic rings. The molecule has 0 radical (unpaired) electrons. The Morgan fingerprint density at radius 2 is 2.17 bits per heavy atom. The van der Waals surface area contributed by atoms with E-state index in [0.717, 1.165) is 25.9 Å². The molecule has 1 atom stereocenters. The average molecular weight is 257 g/mol. The maximum absolute atomic E-state index is 9.50. The number of aliphatic hydroxyl groups excluding tert-OH is 1. The van der Waals surface area contributed by atoms with E-state index < -0.39 is 0 Å². The average Bonchev–Trinajstić information content (AvgIpc) is 2.40. The first-order valence-electron chi connectivity index (χ1n) is 6.84. The Morgan fingerprint density at radius 3 is 2.67 bits per heavy atom. The maximum Gasteiger partial charge on any atom is 0.191 e. The summed E-state index contributed by atoms with van der Waals surface area (Å²) >= 11 is 0. The second kappa shape index (κ2) is 6.95. The van der Waals surface area contributed by atoms with Gasteiger partial charge in [0.1, 0.15) is 0 Å². The van der Waals surface area contributed by atoms with Crippen molar-refractivity contribution in [2.24, 2.45) is 16.1 Å². The van der Waals surface area contributed by atoms with Crippen LogP contribution in [0.3, 0.4) is 0 Å². The van der Waals surface area contributed by atoms with Crippen LogP contribution in [-0.4, -0.2) is 54.9 Å². The third-order valence-electron chi connectivity index (χ3n) is 3.98. The largest absolute Gasteiger partial charge is 0.396 e. The standard InChI is InChI=1S/C13H27N3O2/c1-4-13(5-2,10-17)9-15-12(14)16-6-7-18-11(3)8-16/h11,17H,4-10H2,1-3H3,(H2,14,15). The molecule has 0 aromatic rings. The van der Waals surface area contributed by atoms with Gasteiger partial charge in [-0.1, -0.05) is 13.8 Å². The molecule has 1 saturated heterocycles. The lowest BCUT2D eigenvalue weighted by Crippen LogP contribution is -2.48. The number of ether oxygens (including phenoxy) is 1. The minimum absolute atomic E-state index is 0.122. The summed E-state index contributed by atoms with van der Waals surface area (Å²) in [6.07, 6.45) is 2.03. The molecular weight excluding hydrogens is 230 g/mol. The van der Waals surface area contributed by atoms with E-state index in [4.69, 9.17) is 10.5 Å². The fraction of sp³-hybridized carbons (Fsp3) is 0.923. The number of rotatable bonds is 5. The number of guanidine groups is 1. The first-order valence-corrected chi connectivity index (χ1v) is 6.84. The van der Waals surface area contributed by atoms with Gasteiger partial charge in [0, 0.05) is 18.5 Å². The number of aliphatic hydroxyl groups is 1. The molecule has 0 spiro atoms. The predicted molar refractivity (Wildman–Crippen MR) is 73.6 cm³/mol. The lowest BCUT2D eigenvalue weighted by Gasteiger charge is -2.33. The van der Waals surface area contributed by atoms with Gasteiger partial charge in [0.15, 0.2) is 5.96 Å². The Balaban J connectivity index is 2.59. The van der Waals surface area contributed by atoms with Crippen LogP contribution >= 0.6 is 0 Å². The van der Waals surface area contributed by atoms with E-state index in [1.54, 1.807) is 0 Å². The molecule has 0 amide bonds. The topological polar surface area (TPSA) is 71.1 Å². The normalized spacial score (nSPS) is 22.3. The zero-order chi connectivity index (χ0) is 13.6. The molecule has 0 saturated carbocycles. The van der Waals surface area contributed by atoms with Gasteiger partial charge in [-0.15, -0.1) is 0 Å². The Labute approximate surface area is 110 Å². The van der Waals surface area contributed by atoms with Crippen molar-refractivity contribution in [3.8, 4) is 0 Å². The molecule has 0 aliphatic carbocycles. The molecule has 0 bridgehead atoms. The molecule has 1 rings (SSSR count). The monoisotopic (exact) mass is 257 g/mol. The fourth-order valence-electron chi connectivity index (χ4n) is 2.12. The van der Waals surface area contributed by atoms with Crippen molar-refractivity contribution < 1.29 is 9.84 Å². The first kappa shape index (κ1) is 15.2. The smallest absolute Gasteiger partial charge is 0.191 e. The Kier molecular flexibility index (Phi) is 5.88. The van der Waals surface area contributed by atoms with Crippen LogP contribution in [-0.2, 0) is 4.74 Å².